The number of likely N-dealkylation sites (N-methyl/N-ethyl adjacent to an activating group) is 1. The van der Waals surface area contributed by atoms with Gasteiger partial charge in [0.15, 0.2) is 0 Å². The molecule has 0 saturated carbocycles. The van der Waals surface area contributed by atoms with Crippen molar-refractivity contribution in [3.63, 3.8) is 0 Å². The summed E-state index contributed by atoms with van der Waals surface area (Å²) < 4.78 is 13.3. The van der Waals surface area contributed by atoms with Crippen LogP contribution in [-0.4, -0.2) is 25.5 Å². The molecular weight excluding hydrogens is 167 g/mol. The Labute approximate surface area is 78.2 Å². The number of rotatable bonds is 3. The molecular formula is C10H15FN2. The van der Waals surface area contributed by atoms with Gasteiger partial charge in [-0.3, -0.25) is 0 Å². The highest BCUT2D eigenvalue weighted by molar-refractivity contribution is 5.21. The van der Waals surface area contributed by atoms with Gasteiger partial charge in [-0.1, -0.05) is 18.2 Å². The molecule has 1 rings (SSSR count). The maximum Gasteiger partial charge on any atom is 0.128 e. The van der Waals surface area contributed by atoms with Gasteiger partial charge >= 0.3 is 0 Å². The van der Waals surface area contributed by atoms with Crippen molar-refractivity contribution < 1.29 is 4.39 Å². The first-order chi connectivity index (χ1) is 6.16. The van der Waals surface area contributed by atoms with E-state index in [2.05, 4.69) is 0 Å². The van der Waals surface area contributed by atoms with Gasteiger partial charge in [0, 0.05) is 18.2 Å². The quantitative estimate of drug-likeness (QED) is 0.765. The van der Waals surface area contributed by atoms with Gasteiger partial charge in [0.25, 0.3) is 0 Å². The summed E-state index contributed by atoms with van der Waals surface area (Å²) >= 11 is 0. The molecule has 1 aromatic carbocycles. The monoisotopic (exact) mass is 182 g/mol. The van der Waals surface area contributed by atoms with Gasteiger partial charge in [0.2, 0.25) is 0 Å². The Kier molecular flexibility index (Phi) is 3.39. The second-order valence-corrected chi connectivity index (χ2v) is 3.24. The van der Waals surface area contributed by atoms with E-state index in [4.69, 9.17) is 5.73 Å². The van der Waals surface area contributed by atoms with E-state index >= 15 is 0 Å². The molecule has 0 aliphatic carbocycles. The summed E-state index contributed by atoms with van der Waals surface area (Å²) in [5.41, 5.74) is 6.23. The van der Waals surface area contributed by atoms with Gasteiger partial charge in [0.1, 0.15) is 5.82 Å². The smallest absolute Gasteiger partial charge is 0.128 e. The van der Waals surface area contributed by atoms with Gasteiger partial charge in [-0.2, -0.15) is 0 Å². The Morgan fingerprint density at radius 1 is 1.38 bits per heavy atom. The van der Waals surface area contributed by atoms with Crippen LogP contribution in [0.25, 0.3) is 0 Å². The Morgan fingerprint density at radius 3 is 2.46 bits per heavy atom. The van der Waals surface area contributed by atoms with Crippen molar-refractivity contribution in [2.75, 3.05) is 20.6 Å². The third-order valence-electron chi connectivity index (χ3n) is 2.11. The molecule has 13 heavy (non-hydrogen) atoms. The highest BCUT2D eigenvalue weighted by Gasteiger charge is 2.14. The van der Waals surface area contributed by atoms with E-state index in [0.29, 0.717) is 12.1 Å². The minimum atomic E-state index is -0.188. The molecule has 0 radical (unpaired) electrons. The largest absolute Gasteiger partial charge is 0.329 e. The third kappa shape index (κ3) is 2.26. The number of nitrogens with zero attached hydrogens (tertiary/aromatic N) is 1. The van der Waals surface area contributed by atoms with E-state index in [1.807, 2.05) is 25.1 Å². The molecule has 2 nitrogen and oxygen atoms in total. The van der Waals surface area contributed by atoms with Crippen LogP contribution in [0.1, 0.15) is 11.6 Å². The topological polar surface area (TPSA) is 29.3 Å². The number of halogens is 1. The van der Waals surface area contributed by atoms with Gasteiger partial charge in [-0.25, -0.2) is 4.39 Å². The van der Waals surface area contributed by atoms with Gasteiger partial charge in [-0.15, -0.1) is 0 Å². The average molecular weight is 182 g/mol. The standard InChI is InChI=1S/C10H15FN2/c1-13(2)10(7-12)8-5-3-4-6-9(8)11/h3-6,10H,7,12H2,1-2H3. The zero-order valence-corrected chi connectivity index (χ0v) is 8.00. The SMILES string of the molecule is CN(C)C(CN)c1ccccc1F. The Hall–Kier alpha value is -0.930. The second kappa shape index (κ2) is 4.35. The summed E-state index contributed by atoms with van der Waals surface area (Å²) in [6.07, 6.45) is 0. The minimum absolute atomic E-state index is 0.0406. The first-order valence-corrected chi connectivity index (χ1v) is 4.27. The highest BCUT2D eigenvalue weighted by atomic mass is 19.1. The molecule has 1 aromatic rings. The van der Waals surface area contributed by atoms with Crippen LogP contribution in [0.2, 0.25) is 0 Å². The zero-order valence-electron chi connectivity index (χ0n) is 8.00. The van der Waals surface area contributed by atoms with Crippen LogP contribution >= 0.6 is 0 Å². The molecule has 0 heterocycles. The van der Waals surface area contributed by atoms with E-state index in [1.54, 1.807) is 12.1 Å². The highest BCUT2D eigenvalue weighted by Crippen LogP contribution is 2.19. The van der Waals surface area contributed by atoms with Crippen LogP contribution in [0, 0.1) is 5.82 Å². The van der Waals surface area contributed by atoms with Crippen molar-refractivity contribution in [3.05, 3.63) is 35.6 Å². The van der Waals surface area contributed by atoms with Gasteiger partial charge in [0.05, 0.1) is 0 Å². The van der Waals surface area contributed by atoms with Gasteiger partial charge < -0.3 is 10.6 Å². The number of hydrogen-bond donors (Lipinski definition) is 1. The molecule has 0 fully saturated rings. The molecule has 1 atom stereocenters. The molecule has 3 heteroatoms. The van der Waals surface area contributed by atoms with Crippen LogP contribution in [0.5, 0.6) is 0 Å². The average Bonchev–Trinajstić information content (AvgIpc) is 2.09. The Balaban J connectivity index is 2.97. The molecule has 1 unspecified atom stereocenters. The molecule has 0 amide bonds. The Bertz CT molecular complexity index is 273. The first-order valence-electron chi connectivity index (χ1n) is 4.27. The van der Waals surface area contributed by atoms with E-state index < -0.39 is 0 Å². The molecule has 0 aromatic heterocycles. The molecule has 0 spiro atoms. The van der Waals surface area contributed by atoms with Crippen LogP contribution in [0.4, 0.5) is 4.39 Å². The molecule has 0 bridgehead atoms. The summed E-state index contributed by atoms with van der Waals surface area (Å²) in [7, 11) is 3.79. The van der Waals surface area contributed by atoms with Crippen LogP contribution < -0.4 is 5.73 Å². The zero-order chi connectivity index (χ0) is 9.84. The van der Waals surface area contributed by atoms with Crippen molar-refractivity contribution in [3.8, 4) is 0 Å². The van der Waals surface area contributed by atoms with E-state index in [-0.39, 0.29) is 11.9 Å². The van der Waals surface area contributed by atoms with E-state index in [1.165, 1.54) is 6.07 Å². The fourth-order valence-corrected chi connectivity index (χ4v) is 1.36. The van der Waals surface area contributed by atoms with E-state index in [0.717, 1.165) is 0 Å². The molecule has 0 aliphatic rings. The van der Waals surface area contributed by atoms with Crippen molar-refractivity contribution in [2.24, 2.45) is 5.73 Å². The molecule has 2 N–H and O–H groups in total. The maximum atomic E-state index is 13.3. The summed E-state index contributed by atoms with van der Waals surface area (Å²) in [5, 5.41) is 0. The third-order valence-corrected chi connectivity index (χ3v) is 2.11. The first kappa shape index (κ1) is 10.2. The Morgan fingerprint density at radius 2 is 2.00 bits per heavy atom. The van der Waals surface area contributed by atoms with Crippen LogP contribution in [0.15, 0.2) is 24.3 Å². The normalized spacial score (nSPS) is 13.3. The number of benzene rings is 1. The number of nitrogens with two attached hydrogens (primary N) is 1. The summed E-state index contributed by atoms with van der Waals surface area (Å²) in [4.78, 5) is 1.92. The van der Waals surface area contributed by atoms with Crippen LogP contribution in [0.3, 0.4) is 0 Å². The van der Waals surface area contributed by atoms with Gasteiger partial charge in [-0.05, 0) is 20.2 Å². The van der Waals surface area contributed by atoms with E-state index in [9.17, 15) is 4.39 Å². The fraction of sp³-hybridized carbons (Fsp3) is 0.400. The van der Waals surface area contributed by atoms with Crippen LogP contribution in [-0.2, 0) is 0 Å². The molecule has 0 saturated heterocycles. The molecule has 72 valence electrons. The summed E-state index contributed by atoms with van der Waals surface area (Å²) in [6, 6.07) is 6.70. The minimum Gasteiger partial charge on any atom is -0.329 e. The molecule has 0 aliphatic heterocycles. The summed E-state index contributed by atoms with van der Waals surface area (Å²) in [6.45, 7) is 0.425. The lowest BCUT2D eigenvalue weighted by Crippen LogP contribution is -2.27. The maximum absolute atomic E-state index is 13.3. The second-order valence-electron chi connectivity index (χ2n) is 3.24. The predicted octanol–water partition coefficient (Wildman–Crippen LogP) is 1.39. The lowest BCUT2D eigenvalue weighted by atomic mass is 10.1. The van der Waals surface area contributed by atoms with Crippen molar-refractivity contribution in [1.29, 1.82) is 0 Å². The predicted molar refractivity (Wildman–Crippen MR) is 51.9 cm³/mol. The lowest BCUT2D eigenvalue weighted by molar-refractivity contribution is 0.298. The number of hydrogen-bond acceptors (Lipinski definition) is 2. The lowest BCUT2D eigenvalue weighted by Gasteiger charge is -2.23. The fourth-order valence-electron chi connectivity index (χ4n) is 1.36. The van der Waals surface area contributed by atoms with Crippen molar-refractivity contribution in [2.45, 2.75) is 6.04 Å². The van der Waals surface area contributed by atoms with Crippen molar-refractivity contribution in [1.82, 2.24) is 4.90 Å². The summed E-state index contributed by atoms with van der Waals surface area (Å²) in [5.74, 6) is -0.188. The van der Waals surface area contributed by atoms with Crippen molar-refractivity contribution >= 4 is 0 Å².